The van der Waals surface area contributed by atoms with Crippen LogP contribution < -0.4 is 5.69 Å². The summed E-state index contributed by atoms with van der Waals surface area (Å²) in [5.74, 6) is 0.836. The maximum atomic E-state index is 11.6. The van der Waals surface area contributed by atoms with Gasteiger partial charge in [-0.15, -0.1) is 0 Å². The minimum Gasteiger partial charge on any atom is -0.262 e. The van der Waals surface area contributed by atoms with Crippen LogP contribution in [0.3, 0.4) is 0 Å². The largest absolute Gasteiger partial charge is 0.363 e. The Hall–Kier alpha value is -1.06. The predicted molar refractivity (Wildman–Crippen MR) is 61.2 cm³/mol. The highest BCUT2D eigenvalue weighted by atomic mass is 16.2. The van der Waals surface area contributed by atoms with E-state index in [2.05, 4.69) is 46.5 Å². The summed E-state index contributed by atoms with van der Waals surface area (Å²) in [7, 11) is 1.76. The van der Waals surface area contributed by atoms with E-state index < -0.39 is 0 Å². The average molecular weight is 211 g/mol. The molecule has 0 aliphatic carbocycles. The van der Waals surface area contributed by atoms with Crippen molar-refractivity contribution < 1.29 is 0 Å². The molecular formula is C11H21N3O. The Labute approximate surface area is 90.9 Å². The van der Waals surface area contributed by atoms with Gasteiger partial charge in [-0.2, -0.15) is 4.98 Å². The van der Waals surface area contributed by atoms with Crippen molar-refractivity contribution in [1.29, 1.82) is 0 Å². The molecule has 1 rings (SSSR count). The minimum absolute atomic E-state index is 0.117. The van der Waals surface area contributed by atoms with Crippen LogP contribution in [0, 0.1) is 0 Å². The number of aromatic nitrogens is 3. The molecule has 0 atom stereocenters. The van der Waals surface area contributed by atoms with Gasteiger partial charge in [0.2, 0.25) is 0 Å². The van der Waals surface area contributed by atoms with Crippen molar-refractivity contribution in [3.8, 4) is 0 Å². The van der Waals surface area contributed by atoms with Gasteiger partial charge >= 0.3 is 5.69 Å². The van der Waals surface area contributed by atoms with Gasteiger partial charge < -0.3 is 0 Å². The zero-order valence-electron chi connectivity index (χ0n) is 10.7. The van der Waals surface area contributed by atoms with E-state index in [1.165, 1.54) is 0 Å². The summed E-state index contributed by atoms with van der Waals surface area (Å²) in [5, 5.41) is 0. The zero-order chi connectivity index (χ0) is 12.0. The highest BCUT2D eigenvalue weighted by molar-refractivity contribution is 5.04. The maximum Gasteiger partial charge on any atom is 0.363 e. The summed E-state index contributed by atoms with van der Waals surface area (Å²) >= 11 is 0. The van der Waals surface area contributed by atoms with Crippen LogP contribution in [0.25, 0.3) is 0 Å². The van der Waals surface area contributed by atoms with Crippen LogP contribution >= 0.6 is 0 Å². The van der Waals surface area contributed by atoms with Gasteiger partial charge in [-0.05, 0) is 20.8 Å². The molecule has 0 aliphatic rings. The summed E-state index contributed by atoms with van der Waals surface area (Å²) in [5.41, 5.74) is -0.435. The number of hydrogen-bond donors (Lipinski definition) is 0. The Kier molecular flexibility index (Phi) is 2.58. The molecular weight excluding hydrogens is 190 g/mol. The van der Waals surface area contributed by atoms with E-state index in [0.717, 1.165) is 5.82 Å². The molecule has 1 aromatic rings. The fourth-order valence-electron chi connectivity index (χ4n) is 1.69. The van der Waals surface area contributed by atoms with Crippen molar-refractivity contribution in [2.45, 2.75) is 52.5 Å². The quantitative estimate of drug-likeness (QED) is 0.654. The first-order valence-electron chi connectivity index (χ1n) is 5.22. The number of rotatable bonds is 0. The average Bonchev–Trinajstić information content (AvgIpc) is 2.25. The molecule has 0 saturated heterocycles. The van der Waals surface area contributed by atoms with Crippen molar-refractivity contribution >= 4 is 0 Å². The first kappa shape index (κ1) is 12.0. The fourth-order valence-corrected chi connectivity index (χ4v) is 1.69. The van der Waals surface area contributed by atoms with Crippen LogP contribution in [-0.2, 0) is 18.0 Å². The first-order valence-corrected chi connectivity index (χ1v) is 5.22. The van der Waals surface area contributed by atoms with E-state index in [0.29, 0.717) is 0 Å². The van der Waals surface area contributed by atoms with Gasteiger partial charge in [0.15, 0.2) is 0 Å². The highest BCUT2D eigenvalue weighted by Crippen LogP contribution is 2.24. The molecule has 0 bridgehead atoms. The van der Waals surface area contributed by atoms with Gasteiger partial charge in [-0.25, -0.2) is 9.48 Å². The normalized spacial score (nSPS) is 13.3. The van der Waals surface area contributed by atoms with Crippen LogP contribution in [-0.4, -0.2) is 14.3 Å². The molecule has 0 amide bonds. The van der Waals surface area contributed by atoms with E-state index in [-0.39, 0.29) is 16.6 Å². The van der Waals surface area contributed by atoms with E-state index in [4.69, 9.17) is 0 Å². The van der Waals surface area contributed by atoms with Crippen LogP contribution in [0.4, 0.5) is 0 Å². The summed E-state index contributed by atoms with van der Waals surface area (Å²) < 4.78 is 3.55. The van der Waals surface area contributed by atoms with E-state index >= 15 is 0 Å². The third-order valence-electron chi connectivity index (χ3n) is 2.29. The second-order valence-electron chi connectivity index (χ2n) is 5.97. The van der Waals surface area contributed by atoms with Crippen LogP contribution in [0.2, 0.25) is 0 Å². The molecule has 0 aromatic carbocycles. The summed E-state index contributed by atoms with van der Waals surface area (Å²) in [4.78, 5) is 15.7. The van der Waals surface area contributed by atoms with Gasteiger partial charge in [0, 0.05) is 12.5 Å². The van der Waals surface area contributed by atoms with E-state index in [9.17, 15) is 4.79 Å². The highest BCUT2D eigenvalue weighted by Gasteiger charge is 2.28. The maximum absolute atomic E-state index is 11.6. The summed E-state index contributed by atoms with van der Waals surface area (Å²) in [6.45, 7) is 12.4. The molecule has 1 heterocycles. The van der Waals surface area contributed by atoms with Gasteiger partial charge in [-0.3, -0.25) is 4.68 Å². The third-order valence-corrected chi connectivity index (χ3v) is 2.29. The first-order chi connectivity index (χ1) is 6.55. The van der Waals surface area contributed by atoms with Crippen molar-refractivity contribution in [1.82, 2.24) is 14.3 Å². The van der Waals surface area contributed by atoms with Crippen LogP contribution in [0.5, 0.6) is 0 Å². The zero-order valence-corrected chi connectivity index (χ0v) is 10.7. The molecule has 0 saturated carbocycles. The molecule has 0 aliphatic heterocycles. The Morgan fingerprint density at radius 1 is 1.07 bits per heavy atom. The van der Waals surface area contributed by atoms with E-state index in [1.807, 2.05) is 4.68 Å². The molecule has 0 N–H and O–H groups in total. The lowest BCUT2D eigenvalue weighted by molar-refractivity contribution is 0.279. The summed E-state index contributed by atoms with van der Waals surface area (Å²) in [6, 6.07) is 0. The topological polar surface area (TPSA) is 39.8 Å². The second-order valence-corrected chi connectivity index (χ2v) is 5.97. The number of nitrogens with zero attached hydrogens (tertiary/aromatic N) is 3. The van der Waals surface area contributed by atoms with Crippen LogP contribution in [0.15, 0.2) is 4.79 Å². The molecule has 4 heteroatoms. The Balaban J connectivity index is 3.56. The molecule has 86 valence electrons. The molecule has 0 fully saturated rings. The molecule has 4 nitrogen and oxygen atoms in total. The molecule has 0 spiro atoms. The monoisotopic (exact) mass is 211 g/mol. The van der Waals surface area contributed by atoms with Crippen molar-refractivity contribution in [2.24, 2.45) is 7.05 Å². The van der Waals surface area contributed by atoms with Gasteiger partial charge in [0.05, 0.1) is 5.54 Å². The lowest BCUT2D eigenvalue weighted by atomic mass is 9.94. The SMILES string of the molecule is Cn1c(=O)nc(C(C)(C)C)n1C(C)(C)C. The van der Waals surface area contributed by atoms with Crippen molar-refractivity contribution in [3.63, 3.8) is 0 Å². The molecule has 0 radical (unpaired) electrons. The minimum atomic E-state index is -0.185. The Morgan fingerprint density at radius 2 is 1.53 bits per heavy atom. The summed E-state index contributed by atoms with van der Waals surface area (Å²) in [6.07, 6.45) is 0. The smallest absolute Gasteiger partial charge is 0.262 e. The van der Waals surface area contributed by atoms with E-state index in [1.54, 1.807) is 11.7 Å². The molecule has 1 aromatic heterocycles. The lowest BCUT2D eigenvalue weighted by Gasteiger charge is -2.29. The molecule has 15 heavy (non-hydrogen) atoms. The third kappa shape index (κ3) is 2.13. The fraction of sp³-hybridized carbons (Fsp3) is 0.818. The van der Waals surface area contributed by atoms with Gasteiger partial charge in [-0.1, -0.05) is 20.8 Å². The predicted octanol–water partition coefficient (Wildman–Crippen LogP) is 1.63. The van der Waals surface area contributed by atoms with Crippen LogP contribution in [0.1, 0.15) is 47.4 Å². The standard InChI is InChI=1S/C11H21N3O/c1-10(2,3)8-12-9(15)13(7)14(8)11(4,5)6/h1-7H3. The Morgan fingerprint density at radius 3 is 1.80 bits per heavy atom. The van der Waals surface area contributed by atoms with Crippen molar-refractivity contribution in [3.05, 3.63) is 16.3 Å². The second kappa shape index (κ2) is 3.22. The van der Waals surface area contributed by atoms with Crippen molar-refractivity contribution in [2.75, 3.05) is 0 Å². The molecule has 0 unspecified atom stereocenters. The number of hydrogen-bond acceptors (Lipinski definition) is 2. The van der Waals surface area contributed by atoms with Gasteiger partial charge in [0.25, 0.3) is 0 Å². The Bertz CT molecular complexity index is 413. The lowest BCUT2D eigenvalue weighted by Crippen LogP contribution is -2.34. The van der Waals surface area contributed by atoms with Gasteiger partial charge in [0.1, 0.15) is 5.82 Å².